The maximum atomic E-state index is 12.4. The first-order chi connectivity index (χ1) is 12.2. The van der Waals surface area contributed by atoms with Gasteiger partial charge in [-0.2, -0.15) is 0 Å². The van der Waals surface area contributed by atoms with E-state index in [0.29, 0.717) is 6.54 Å². The molecule has 0 atom stereocenters. The maximum absolute atomic E-state index is 12.4. The summed E-state index contributed by atoms with van der Waals surface area (Å²) in [7, 11) is 0. The van der Waals surface area contributed by atoms with Gasteiger partial charge >= 0.3 is 0 Å². The summed E-state index contributed by atoms with van der Waals surface area (Å²) in [6.45, 7) is 3.50. The summed E-state index contributed by atoms with van der Waals surface area (Å²) in [4.78, 5) is 14.8. The van der Waals surface area contributed by atoms with E-state index in [4.69, 9.17) is 5.11 Å². The fourth-order valence-electron chi connectivity index (χ4n) is 3.29. The van der Waals surface area contributed by atoms with Crippen LogP contribution in [0.25, 0.3) is 0 Å². The lowest BCUT2D eigenvalue weighted by atomic mass is 9.95. The van der Waals surface area contributed by atoms with Gasteiger partial charge < -0.3 is 10.4 Å². The molecule has 0 unspecified atom stereocenters. The minimum atomic E-state index is 0.0871. The molecule has 0 saturated carbocycles. The van der Waals surface area contributed by atoms with E-state index < -0.39 is 0 Å². The average Bonchev–Trinajstić information content (AvgIpc) is 2.68. The Morgan fingerprint density at radius 3 is 2.24 bits per heavy atom. The van der Waals surface area contributed by atoms with Crippen molar-refractivity contribution < 1.29 is 9.90 Å². The molecule has 1 aliphatic rings. The van der Waals surface area contributed by atoms with Gasteiger partial charge in [0.25, 0.3) is 0 Å². The van der Waals surface area contributed by atoms with Gasteiger partial charge in [0.05, 0.1) is 6.61 Å². The van der Waals surface area contributed by atoms with Gasteiger partial charge in [0.2, 0.25) is 5.91 Å². The van der Waals surface area contributed by atoms with Gasteiger partial charge in [-0.3, -0.25) is 9.69 Å². The first-order valence-corrected chi connectivity index (χ1v) is 8.97. The molecule has 1 amide bonds. The second-order valence-corrected chi connectivity index (χ2v) is 6.73. The molecule has 25 heavy (non-hydrogen) atoms. The molecule has 0 radical (unpaired) electrons. The van der Waals surface area contributed by atoms with Crippen LogP contribution in [0.5, 0.6) is 0 Å². The lowest BCUT2D eigenvalue weighted by Gasteiger charge is -2.31. The molecule has 4 nitrogen and oxygen atoms in total. The van der Waals surface area contributed by atoms with E-state index in [2.05, 4.69) is 22.3 Å². The zero-order valence-electron chi connectivity index (χ0n) is 14.5. The number of likely N-dealkylation sites (tertiary alicyclic amines) is 1. The van der Waals surface area contributed by atoms with Crippen LogP contribution in [0.1, 0.15) is 29.5 Å². The topological polar surface area (TPSA) is 52.6 Å². The third kappa shape index (κ3) is 5.15. The minimum absolute atomic E-state index is 0.0871. The highest BCUT2D eigenvalue weighted by Crippen LogP contribution is 2.19. The number of nitrogens with one attached hydrogen (secondary N) is 1. The van der Waals surface area contributed by atoms with Crippen LogP contribution >= 0.6 is 0 Å². The molecule has 2 aromatic rings. The zero-order valence-corrected chi connectivity index (χ0v) is 14.5. The second-order valence-electron chi connectivity index (χ2n) is 6.73. The number of nitrogens with zero attached hydrogens (tertiary/aromatic N) is 1. The van der Waals surface area contributed by atoms with Crippen LogP contribution in [0.2, 0.25) is 0 Å². The summed E-state index contributed by atoms with van der Waals surface area (Å²) in [5, 5.41) is 12.2. The fraction of sp³-hybridized carbons (Fsp3) is 0.381. The molecule has 0 bridgehead atoms. The number of amides is 1. The molecule has 1 saturated heterocycles. The van der Waals surface area contributed by atoms with Gasteiger partial charge in [0.15, 0.2) is 0 Å². The lowest BCUT2D eigenvalue weighted by Crippen LogP contribution is -2.40. The van der Waals surface area contributed by atoms with Crippen molar-refractivity contribution in [2.45, 2.75) is 32.5 Å². The lowest BCUT2D eigenvalue weighted by molar-refractivity contribution is -0.126. The van der Waals surface area contributed by atoms with E-state index in [1.807, 2.05) is 42.5 Å². The fourth-order valence-corrected chi connectivity index (χ4v) is 3.29. The van der Waals surface area contributed by atoms with Gasteiger partial charge in [0, 0.05) is 19.0 Å². The number of aliphatic hydroxyl groups is 1. The van der Waals surface area contributed by atoms with Crippen LogP contribution in [0.3, 0.4) is 0 Å². The molecule has 2 N–H and O–H groups in total. The molecule has 132 valence electrons. The summed E-state index contributed by atoms with van der Waals surface area (Å²) in [6.07, 6.45) is 1.82. The summed E-state index contributed by atoms with van der Waals surface area (Å²) in [5.74, 6) is 0.299. The molecule has 3 rings (SSSR count). The Morgan fingerprint density at radius 1 is 0.960 bits per heavy atom. The molecule has 0 aromatic heterocycles. The van der Waals surface area contributed by atoms with Crippen LogP contribution in [-0.4, -0.2) is 29.0 Å². The Morgan fingerprint density at radius 2 is 1.60 bits per heavy atom. The number of hydrogen-bond acceptors (Lipinski definition) is 3. The van der Waals surface area contributed by atoms with Crippen molar-refractivity contribution in [3.8, 4) is 0 Å². The quantitative estimate of drug-likeness (QED) is 0.851. The standard InChI is InChI=1S/C21H26N2O2/c24-16-19-8-6-18(7-9-19)15-23-12-10-20(11-13-23)21(25)22-14-17-4-2-1-3-5-17/h1-9,20,24H,10-16H2,(H,22,25). The van der Waals surface area contributed by atoms with Crippen LogP contribution in [0, 0.1) is 5.92 Å². The molecule has 4 heteroatoms. The molecular formula is C21H26N2O2. The number of hydrogen-bond donors (Lipinski definition) is 2. The second kappa shape index (κ2) is 8.79. The first-order valence-electron chi connectivity index (χ1n) is 8.97. The Kier molecular flexibility index (Phi) is 6.20. The molecule has 2 aromatic carbocycles. The van der Waals surface area contributed by atoms with E-state index >= 15 is 0 Å². The number of carbonyl (C=O) groups is 1. The monoisotopic (exact) mass is 338 g/mol. The molecule has 1 fully saturated rings. The number of rotatable bonds is 6. The summed E-state index contributed by atoms with van der Waals surface area (Å²) in [5.41, 5.74) is 3.33. The number of aliphatic hydroxyl groups excluding tert-OH is 1. The van der Waals surface area contributed by atoms with Crippen molar-refractivity contribution in [1.29, 1.82) is 0 Å². The van der Waals surface area contributed by atoms with E-state index in [9.17, 15) is 4.79 Å². The summed E-state index contributed by atoms with van der Waals surface area (Å²) in [6, 6.07) is 18.1. The predicted octanol–water partition coefficient (Wildman–Crippen LogP) is 2.71. The summed E-state index contributed by atoms with van der Waals surface area (Å²) >= 11 is 0. The molecular weight excluding hydrogens is 312 g/mol. The third-order valence-corrected chi connectivity index (χ3v) is 4.88. The normalized spacial score (nSPS) is 15.9. The van der Waals surface area contributed by atoms with Gasteiger partial charge in [-0.25, -0.2) is 0 Å². The van der Waals surface area contributed by atoms with E-state index in [1.54, 1.807) is 0 Å². The number of piperidine rings is 1. The highest BCUT2D eigenvalue weighted by Gasteiger charge is 2.24. The largest absolute Gasteiger partial charge is 0.392 e. The van der Waals surface area contributed by atoms with Gasteiger partial charge in [-0.1, -0.05) is 54.6 Å². The van der Waals surface area contributed by atoms with Crippen LogP contribution in [0.4, 0.5) is 0 Å². The molecule has 1 aliphatic heterocycles. The maximum Gasteiger partial charge on any atom is 0.223 e. The smallest absolute Gasteiger partial charge is 0.223 e. The summed E-state index contributed by atoms with van der Waals surface area (Å²) < 4.78 is 0. The SMILES string of the molecule is O=C(NCc1ccccc1)C1CCN(Cc2ccc(CO)cc2)CC1. The molecule has 1 heterocycles. The number of benzene rings is 2. The Hall–Kier alpha value is -2.17. The van der Waals surface area contributed by atoms with Crippen LogP contribution in [0.15, 0.2) is 54.6 Å². The van der Waals surface area contributed by atoms with Crippen molar-refractivity contribution in [2.75, 3.05) is 13.1 Å². The van der Waals surface area contributed by atoms with Crippen molar-refractivity contribution in [3.63, 3.8) is 0 Å². The van der Waals surface area contributed by atoms with Crippen molar-refractivity contribution in [2.24, 2.45) is 5.92 Å². The Balaban J connectivity index is 1.42. The van der Waals surface area contributed by atoms with E-state index in [1.165, 1.54) is 5.56 Å². The third-order valence-electron chi connectivity index (χ3n) is 4.88. The van der Waals surface area contributed by atoms with E-state index in [0.717, 1.165) is 43.6 Å². The first kappa shape index (κ1) is 17.6. The van der Waals surface area contributed by atoms with Crippen molar-refractivity contribution in [1.82, 2.24) is 10.2 Å². The highest BCUT2D eigenvalue weighted by atomic mass is 16.3. The van der Waals surface area contributed by atoms with Crippen molar-refractivity contribution in [3.05, 3.63) is 71.3 Å². The molecule has 0 spiro atoms. The zero-order chi connectivity index (χ0) is 17.5. The predicted molar refractivity (Wildman–Crippen MR) is 98.7 cm³/mol. The van der Waals surface area contributed by atoms with Crippen LogP contribution in [-0.2, 0) is 24.5 Å². The minimum Gasteiger partial charge on any atom is -0.392 e. The van der Waals surface area contributed by atoms with Gasteiger partial charge in [0.1, 0.15) is 0 Å². The van der Waals surface area contributed by atoms with Gasteiger partial charge in [-0.05, 0) is 42.6 Å². The van der Waals surface area contributed by atoms with E-state index in [-0.39, 0.29) is 18.4 Å². The Labute approximate surface area is 149 Å². The Bertz CT molecular complexity index is 662. The average molecular weight is 338 g/mol. The van der Waals surface area contributed by atoms with Crippen molar-refractivity contribution >= 4 is 5.91 Å². The van der Waals surface area contributed by atoms with Gasteiger partial charge in [-0.15, -0.1) is 0 Å². The van der Waals surface area contributed by atoms with Crippen LogP contribution < -0.4 is 5.32 Å². The molecule has 0 aliphatic carbocycles. The number of carbonyl (C=O) groups excluding carboxylic acids is 1. The highest BCUT2D eigenvalue weighted by molar-refractivity contribution is 5.78.